The fraction of sp³-hybridized carbons (Fsp3) is 0.750. The average Bonchev–Trinajstić information content (AvgIpc) is 3.10. The van der Waals surface area contributed by atoms with Gasteiger partial charge < -0.3 is 24.3 Å². The molecular weight excluding hydrogens is 334 g/mol. The molecule has 0 aliphatic rings. The number of carbonyl (C=O) groups is 1. The number of nitrogens with one attached hydrogen (secondary N) is 1. The molecule has 2 N–H and O–H groups in total. The van der Waals surface area contributed by atoms with Crippen LogP contribution in [-0.4, -0.2) is 37.4 Å². The van der Waals surface area contributed by atoms with Crippen LogP contribution in [-0.2, 0) is 27.4 Å². The lowest BCUT2D eigenvalue weighted by molar-refractivity contribution is -0.145. The summed E-state index contributed by atoms with van der Waals surface area (Å²) < 4.78 is 16.0. The second kappa shape index (κ2) is 15.9. The summed E-state index contributed by atoms with van der Waals surface area (Å²) in [5.41, 5.74) is 0. The lowest BCUT2D eigenvalue weighted by Gasteiger charge is -2.04. The smallest absolute Gasteiger partial charge is 0.306 e. The Kier molecular flexibility index (Phi) is 13.8. The number of furan rings is 1. The largest absolute Gasteiger partial charge is 0.461 e. The predicted molar refractivity (Wildman–Crippen MR) is 101 cm³/mol. The van der Waals surface area contributed by atoms with E-state index in [-0.39, 0.29) is 19.2 Å². The number of carbonyl (C=O) groups excluding carboxylic acids is 1. The molecule has 1 aromatic heterocycles. The van der Waals surface area contributed by atoms with Crippen LogP contribution >= 0.6 is 0 Å². The van der Waals surface area contributed by atoms with Gasteiger partial charge in [-0.2, -0.15) is 0 Å². The molecule has 0 saturated carbocycles. The zero-order valence-corrected chi connectivity index (χ0v) is 16.1. The Morgan fingerprint density at radius 1 is 1.08 bits per heavy atom. The van der Waals surface area contributed by atoms with Gasteiger partial charge in [-0.1, -0.05) is 45.4 Å². The molecule has 0 bridgehead atoms. The van der Waals surface area contributed by atoms with Crippen LogP contribution in [0.25, 0.3) is 0 Å². The number of aliphatic hydroxyl groups is 1. The van der Waals surface area contributed by atoms with Crippen molar-refractivity contribution in [1.82, 2.24) is 5.32 Å². The Labute approximate surface area is 157 Å². The van der Waals surface area contributed by atoms with E-state index in [1.807, 2.05) is 12.1 Å². The van der Waals surface area contributed by atoms with E-state index in [1.54, 1.807) is 0 Å². The van der Waals surface area contributed by atoms with Gasteiger partial charge in [-0.15, -0.1) is 0 Å². The van der Waals surface area contributed by atoms with Gasteiger partial charge in [-0.3, -0.25) is 4.79 Å². The van der Waals surface area contributed by atoms with Crippen LogP contribution in [0.1, 0.15) is 69.8 Å². The normalized spacial score (nSPS) is 11.0. The van der Waals surface area contributed by atoms with Gasteiger partial charge in [-0.25, -0.2) is 0 Å². The fourth-order valence-electron chi connectivity index (χ4n) is 2.57. The molecular formula is C20H35NO5. The maximum Gasteiger partial charge on any atom is 0.306 e. The molecule has 6 heteroatoms. The van der Waals surface area contributed by atoms with Crippen LogP contribution in [0.4, 0.5) is 0 Å². The summed E-state index contributed by atoms with van der Waals surface area (Å²) in [5, 5.41) is 11.8. The number of esters is 1. The van der Waals surface area contributed by atoms with E-state index in [0.717, 1.165) is 18.6 Å². The van der Waals surface area contributed by atoms with Crippen molar-refractivity contribution in [3.63, 3.8) is 0 Å². The zero-order chi connectivity index (χ0) is 18.9. The average molecular weight is 370 g/mol. The first-order valence-corrected chi connectivity index (χ1v) is 9.88. The van der Waals surface area contributed by atoms with Crippen LogP contribution in [0.5, 0.6) is 0 Å². The second-order valence-electron chi connectivity index (χ2n) is 6.41. The summed E-state index contributed by atoms with van der Waals surface area (Å²) in [7, 11) is 0. The highest BCUT2D eigenvalue weighted by molar-refractivity contribution is 5.69. The minimum atomic E-state index is -0.157. The van der Waals surface area contributed by atoms with E-state index in [0.29, 0.717) is 38.5 Å². The molecule has 1 rings (SSSR count). The molecule has 0 radical (unpaired) electrons. The first-order valence-electron chi connectivity index (χ1n) is 9.88. The third-order valence-corrected chi connectivity index (χ3v) is 4.04. The minimum Gasteiger partial charge on any atom is -0.461 e. The van der Waals surface area contributed by atoms with E-state index in [9.17, 15) is 4.79 Å². The van der Waals surface area contributed by atoms with Gasteiger partial charge in [0.25, 0.3) is 0 Å². The molecule has 0 fully saturated rings. The Hall–Kier alpha value is -1.37. The van der Waals surface area contributed by atoms with Crippen LogP contribution in [0.15, 0.2) is 16.5 Å². The third-order valence-electron chi connectivity index (χ3n) is 4.04. The van der Waals surface area contributed by atoms with Gasteiger partial charge in [0, 0.05) is 13.0 Å². The molecule has 1 aromatic rings. The van der Waals surface area contributed by atoms with Gasteiger partial charge in [-0.05, 0) is 18.6 Å². The van der Waals surface area contributed by atoms with Crippen LogP contribution < -0.4 is 5.32 Å². The van der Waals surface area contributed by atoms with E-state index in [1.165, 1.54) is 32.1 Å². The van der Waals surface area contributed by atoms with Crippen molar-refractivity contribution < 1.29 is 23.8 Å². The topological polar surface area (TPSA) is 80.9 Å². The molecule has 0 amide bonds. The number of rotatable bonds is 17. The molecule has 0 aromatic carbocycles. The van der Waals surface area contributed by atoms with Gasteiger partial charge in [0.05, 0.1) is 26.4 Å². The molecule has 26 heavy (non-hydrogen) atoms. The van der Waals surface area contributed by atoms with E-state index in [4.69, 9.17) is 19.0 Å². The summed E-state index contributed by atoms with van der Waals surface area (Å²) in [6.45, 7) is 4.62. The molecule has 0 saturated heterocycles. The lowest BCUT2D eigenvalue weighted by atomic mass is 10.1. The van der Waals surface area contributed by atoms with Crippen molar-refractivity contribution in [1.29, 1.82) is 0 Å². The highest BCUT2D eigenvalue weighted by atomic mass is 16.5. The van der Waals surface area contributed by atoms with Crippen molar-refractivity contribution in [2.24, 2.45) is 0 Å². The molecule has 150 valence electrons. The predicted octanol–water partition coefficient (Wildman–Crippen LogP) is 3.56. The Balaban J connectivity index is 2.03. The van der Waals surface area contributed by atoms with Gasteiger partial charge in [0.15, 0.2) is 0 Å². The van der Waals surface area contributed by atoms with Crippen molar-refractivity contribution in [2.75, 3.05) is 26.4 Å². The fourth-order valence-corrected chi connectivity index (χ4v) is 2.57. The monoisotopic (exact) mass is 369 g/mol. The first kappa shape index (κ1) is 22.7. The summed E-state index contributed by atoms with van der Waals surface area (Å²) >= 11 is 0. The van der Waals surface area contributed by atoms with Crippen LogP contribution in [0.3, 0.4) is 0 Å². The highest BCUT2D eigenvalue weighted by Gasteiger charge is 2.07. The number of unbranched alkanes of at least 4 members (excludes halogenated alkanes) is 6. The minimum absolute atomic E-state index is 0.0409. The molecule has 1 heterocycles. The van der Waals surface area contributed by atoms with Crippen molar-refractivity contribution in [3.8, 4) is 0 Å². The maximum atomic E-state index is 11.7. The molecule has 0 unspecified atom stereocenters. The SMILES string of the molecule is CCCCCCCCCC(=O)OCc1ccc(CNCCOCCO)o1. The van der Waals surface area contributed by atoms with Crippen molar-refractivity contribution in [3.05, 3.63) is 23.7 Å². The van der Waals surface area contributed by atoms with Crippen LogP contribution in [0, 0.1) is 0 Å². The molecule has 6 nitrogen and oxygen atoms in total. The Morgan fingerprint density at radius 2 is 1.81 bits per heavy atom. The lowest BCUT2D eigenvalue weighted by Crippen LogP contribution is -2.19. The van der Waals surface area contributed by atoms with E-state index < -0.39 is 0 Å². The third kappa shape index (κ3) is 12.1. The standard InChI is InChI=1S/C20H35NO5/c1-2-3-4-5-6-7-8-9-20(23)25-17-19-11-10-18(26-19)16-21-12-14-24-15-13-22/h10-11,21-22H,2-9,12-17H2,1H3. The number of aliphatic hydroxyl groups excluding tert-OH is 1. The maximum absolute atomic E-state index is 11.7. The number of hydrogen-bond acceptors (Lipinski definition) is 6. The second-order valence-corrected chi connectivity index (χ2v) is 6.41. The number of ether oxygens (including phenoxy) is 2. The zero-order valence-electron chi connectivity index (χ0n) is 16.1. The quantitative estimate of drug-likeness (QED) is 0.323. The Bertz CT molecular complexity index is 461. The molecule has 0 spiro atoms. The molecule has 0 aliphatic heterocycles. The highest BCUT2D eigenvalue weighted by Crippen LogP contribution is 2.11. The summed E-state index contributed by atoms with van der Waals surface area (Å²) in [4.78, 5) is 11.7. The van der Waals surface area contributed by atoms with Crippen LogP contribution in [0.2, 0.25) is 0 Å². The van der Waals surface area contributed by atoms with E-state index >= 15 is 0 Å². The first-order chi connectivity index (χ1) is 12.8. The summed E-state index contributed by atoms with van der Waals surface area (Å²) in [5.74, 6) is 1.30. The number of hydrogen-bond donors (Lipinski definition) is 2. The van der Waals surface area contributed by atoms with Gasteiger partial charge in [0.2, 0.25) is 0 Å². The Morgan fingerprint density at radius 3 is 2.58 bits per heavy atom. The molecule has 0 atom stereocenters. The summed E-state index contributed by atoms with van der Waals surface area (Å²) in [6, 6.07) is 3.71. The molecule has 0 aliphatic carbocycles. The van der Waals surface area contributed by atoms with Gasteiger partial charge >= 0.3 is 5.97 Å². The van der Waals surface area contributed by atoms with E-state index in [2.05, 4.69) is 12.2 Å². The van der Waals surface area contributed by atoms with Crippen molar-refractivity contribution in [2.45, 2.75) is 71.4 Å². The van der Waals surface area contributed by atoms with Gasteiger partial charge in [0.1, 0.15) is 18.1 Å². The summed E-state index contributed by atoms with van der Waals surface area (Å²) in [6.07, 6.45) is 8.81. The van der Waals surface area contributed by atoms with Crippen molar-refractivity contribution >= 4 is 5.97 Å².